The van der Waals surface area contributed by atoms with E-state index in [2.05, 4.69) is 20.9 Å². The van der Waals surface area contributed by atoms with Gasteiger partial charge in [0.25, 0.3) is 23.5 Å². The highest BCUT2D eigenvalue weighted by Crippen LogP contribution is 2.49. The van der Waals surface area contributed by atoms with E-state index in [1.54, 1.807) is 0 Å². The van der Waals surface area contributed by atoms with Gasteiger partial charge in [-0.05, 0) is 26.0 Å². The maximum absolute atomic E-state index is 13.4. The third kappa shape index (κ3) is 7.14. The van der Waals surface area contributed by atoms with Crippen molar-refractivity contribution < 1.29 is 63.6 Å². The summed E-state index contributed by atoms with van der Waals surface area (Å²) in [7, 11) is 0. The lowest BCUT2D eigenvalue weighted by Crippen LogP contribution is -2.68. The number of amides is 6. The summed E-state index contributed by atoms with van der Waals surface area (Å²) < 4.78 is 0. The van der Waals surface area contributed by atoms with E-state index in [4.69, 9.17) is 22.2 Å². The summed E-state index contributed by atoms with van der Waals surface area (Å²) >= 11 is 7.43. The number of ketones is 1. The number of thiazole rings is 1. The molecule has 1 aromatic carbocycles. The third-order valence-electron chi connectivity index (χ3n) is 7.98. The molecule has 3 aliphatic heterocycles. The predicted molar refractivity (Wildman–Crippen MR) is 180 cm³/mol. The minimum absolute atomic E-state index is 0.0414. The van der Waals surface area contributed by atoms with Crippen LogP contribution in [-0.4, -0.2) is 141 Å². The number of carbonyl (C=O) groups excluding carboxylic acids is 6. The summed E-state index contributed by atoms with van der Waals surface area (Å²) in [5.74, 6) is -9.64. The third-order valence-corrected chi connectivity index (χ3v) is 10.7. The van der Waals surface area contributed by atoms with Gasteiger partial charge >= 0.3 is 18.0 Å². The molecule has 3 fully saturated rings. The van der Waals surface area contributed by atoms with Crippen molar-refractivity contribution in [3.8, 4) is 11.5 Å². The number of fused-ring (bicyclic) bond motifs is 1. The van der Waals surface area contributed by atoms with Crippen LogP contribution in [0.3, 0.4) is 0 Å². The number of oxime groups is 1. The monoisotopic (exact) mass is 797 g/mol. The molecule has 2 aromatic rings. The average molecular weight is 798 g/mol. The van der Waals surface area contributed by atoms with Gasteiger partial charge in [-0.1, -0.05) is 28.5 Å². The van der Waals surface area contributed by atoms with E-state index < -0.39 is 110 Å². The molecule has 53 heavy (non-hydrogen) atoms. The lowest BCUT2D eigenvalue weighted by atomic mass is 10.1. The number of halogens is 1. The van der Waals surface area contributed by atoms with Gasteiger partial charge in [-0.2, -0.15) is 0 Å². The van der Waals surface area contributed by atoms with E-state index >= 15 is 0 Å². The van der Waals surface area contributed by atoms with Gasteiger partial charge in [0.2, 0.25) is 16.4 Å². The van der Waals surface area contributed by atoms with Crippen LogP contribution in [0.5, 0.6) is 11.5 Å². The molecule has 6 amide bonds. The van der Waals surface area contributed by atoms with Crippen LogP contribution in [0.25, 0.3) is 0 Å². The zero-order chi connectivity index (χ0) is 39.2. The SMILES string of the molecule is CC(C)(O/N=C(\C(=O)N[C@@H]1C(=O)N2C[C@@](C(=O)O)(N3CCN(NC(=O)CNC(=O)C(=O)c4ccc(O)c(O)c4Cl)C3=O)S[C@H]12)c1csc(N)n1)C(=O)O. The Morgan fingerprint density at radius 3 is 2.45 bits per heavy atom. The Morgan fingerprint density at radius 1 is 1.13 bits per heavy atom. The number of phenols is 2. The lowest BCUT2D eigenvalue weighted by molar-refractivity contribution is -0.161. The van der Waals surface area contributed by atoms with Gasteiger partial charge in [-0.25, -0.2) is 24.4 Å². The molecule has 3 atom stereocenters. The smallest absolute Gasteiger partial charge is 0.350 e. The number of carboxylic acids is 2. The highest BCUT2D eigenvalue weighted by Gasteiger charge is 2.66. The van der Waals surface area contributed by atoms with Crippen molar-refractivity contribution in [3.63, 3.8) is 0 Å². The number of nitrogens with one attached hydrogen (secondary N) is 3. The zero-order valence-corrected chi connectivity index (χ0v) is 29.6. The molecule has 25 heteroatoms. The number of aliphatic carboxylic acids is 2. The Balaban J connectivity index is 1.22. The Morgan fingerprint density at radius 2 is 1.83 bits per heavy atom. The average Bonchev–Trinajstić information content (AvgIpc) is 3.80. The van der Waals surface area contributed by atoms with Gasteiger partial charge in [0, 0.05) is 11.9 Å². The summed E-state index contributed by atoms with van der Waals surface area (Å²) in [6.45, 7) is 0.570. The minimum atomic E-state index is -2.07. The number of phenolic OH excluding ortho intramolecular Hbond substituents is 2. The fraction of sp³-hybridized carbons (Fsp3) is 0.357. The van der Waals surface area contributed by atoms with Crippen molar-refractivity contribution in [1.29, 1.82) is 0 Å². The Kier molecular flexibility index (Phi) is 10.3. The molecule has 3 aliphatic rings. The fourth-order valence-electron chi connectivity index (χ4n) is 5.07. The van der Waals surface area contributed by atoms with Crippen LogP contribution in [0.4, 0.5) is 9.93 Å². The normalized spacial score (nSPS) is 21.1. The summed E-state index contributed by atoms with van der Waals surface area (Å²) in [6.07, 6.45) is 0. The van der Waals surface area contributed by atoms with Gasteiger partial charge in [0.05, 0.1) is 30.2 Å². The number of nitrogens with two attached hydrogens (primary N) is 1. The number of rotatable bonds is 13. The van der Waals surface area contributed by atoms with Crippen LogP contribution in [-0.2, 0) is 33.6 Å². The van der Waals surface area contributed by atoms with Crippen LogP contribution in [0, 0.1) is 0 Å². The van der Waals surface area contributed by atoms with E-state index in [1.807, 2.05) is 5.32 Å². The van der Waals surface area contributed by atoms with Crippen molar-refractivity contribution in [2.45, 2.75) is 35.7 Å². The molecule has 0 spiro atoms. The summed E-state index contributed by atoms with van der Waals surface area (Å²) in [5, 5.41) is 47.6. The van der Waals surface area contributed by atoms with Crippen LogP contribution in [0.1, 0.15) is 29.9 Å². The molecule has 5 rings (SSSR count). The first-order chi connectivity index (χ1) is 24.8. The first kappa shape index (κ1) is 38.4. The molecule has 3 saturated heterocycles. The molecular weight excluding hydrogens is 770 g/mol. The quantitative estimate of drug-likeness (QED) is 0.0280. The van der Waals surface area contributed by atoms with E-state index in [-0.39, 0.29) is 23.9 Å². The number of Topliss-reactive ketones (excluding diaryl/α,β-unsaturated/α-hetero) is 1. The molecule has 0 saturated carbocycles. The van der Waals surface area contributed by atoms with E-state index in [0.717, 1.165) is 38.3 Å². The molecule has 0 bridgehead atoms. The predicted octanol–water partition coefficient (Wildman–Crippen LogP) is -1.68. The molecule has 22 nitrogen and oxygen atoms in total. The largest absolute Gasteiger partial charge is 0.504 e. The number of nitrogen functional groups attached to an aromatic ring is 1. The standard InChI is InChI=1S/C28H28ClN9O13S2/c1-27(2,23(46)47)51-35-15(11-8-52-25(30)32-11)19(43)33-16-21(45)36-9-28(24(48)49,53-22(16)36)37-5-6-38(26(37)50)34-13(40)7-31-20(44)17(41)10-3-4-12(39)18(42)14(10)29/h3-4,8,16,22,39,42H,5-7,9H2,1-2H3,(H2,30,32)(H,31,44)(H,33,43)(H,34,40)(H,46,47)(H,48,49)/b35-15-/t16-,22-,28-/m1/s1. The maximum Gasteiger partial charge on any atom is 0.350 e. The second-order valence-corrected chi connectivity index (χ2v) is 14.5. The number of nitrogens with zero attached hydrogens (tertiary/aromatic N) is 5. The van der Waals surface area contributed by atoms with Gasteiger partial charge < -0.3 is 46.5 Å². The number of β-lactam (4-membered cyclic amide) rings is 1. The molecule has 0 radical (unpaired) electrons. The van der Waals surface area contributed by atoms with Crippen LogP contribution in [0.2, 0.25) is 5.02 Å². The highest BCUT2D eigenvalue weighted by molar-refractivity contribution is 8.02. The maximum atomic E-state index is 13.4. The Bertz CT molecular complexity index is 1990. The first-order valence-corrected chi connectivity index (χ1v) is 17.1. The molecule has 4 heterocycles. The summed E-state index contributed by atoms with van der Waals surface area (Å²) in [4.78, 5) is 110. The van der Waals surface area contributed by atoms with E-state index in [0.29, 0.717) is 11.8 Å². The first-order valence-electron chi connectivity index (χ1n) is 14.9. The second kappa shape index (κ2) is 14.3. The number of hydrazine groups is 1. The molecule has 0 unspecified atom stereocenters. The number of carboxylic acid groups (broad SMARTS) is 2. The lowest BCUT2D eigenvalue weighted by Gasteiger charge is -2.41. The van der Waals surface area contributed by atoms with Gasteiger partial charge in [-0.3, -0.25) is 34.3 Å². The molecule has 1 aromatic heterocycles. The summed E-state index contributed by atoms with van der Waals surface area (Å²) in [6, 6.07) is -0.391. The second-order valence-electron chi connectivity index (χ2n) is 11.9. The van der Waals surface area contributed by atoms with Crippen molar-refractivity contribution >= 4 is 92.9 Å². The molecule has 282 valence electrons. The minimum Gasteiger partial charge on any atom is -0.504 e. The molecular formula is C28H28ClN9O13S2. The van der Waals surface area contributed by atoms with E-state index in [9.17, 15) is 58.8 Å². The number of urea groups is 1. The van der Waals surface area contributed by atoms with Crippen molar-refractivity contribution in [2.24, 2.45) is 5.16 Å². The Labute approximate surface area is 309 Å². The number of thioether (sulfide) groups is 1. The topological polar surface area (TPSA) is 324 Å². The van der Waals surface area contributed by atoms with Crippen molar-refractivity contribution in [3.05, 3.63) is 33.8 Å². The van der Waals surface area contributed by atoms with Crippen LogP contribution >= 0.6 is 34.7 Å². The van der Waals surface area contributed by atoms with Crippen LogP contribution < -0.4 is 21.8 Å². The summed E-state index contributed by atoms with van der Waals surface area (Å²) in [5.41, 5.74) is 4.94. The number of aromatic hydroxyl groups is 2. The number of hydrogen-bond donors (Lipinski definition) is 8. The van der Waals surface area contributed by atoms with Gasteiger partial charge in [0.15, 0.2) is 22.3 Å². The highest BCUT2D eigenvalue weighted by atomic mass is 35.5. The van der Waals surface area contributed by atoms with Gasteiger partial charge in [0.1, 0.15) is 17.1 Å². The van der Waals surface area contributed by atoms with E-state index in [1.165, 1.54) is 19.2 Å². The zero-order valence-electron chi connectivity index (χ0n) is 27.2. The number of carbonyl (C=O) groups is 8. The number of anilines is 1. The van der Waals surface area contributed by atoms with Crippen molar-refractivity contribution in [1.82, 2.24) is 35.9 Å². The fourth-order valence-corrected chi connectivity index (χ4v) is 7.51. The van der Waals surface area contributed by atoms with Gasteiger partial charge in [-0.15, -0.1) is 11.3 Å². The Hall–Kier alpha value is -5.88. The molecule has 9 N–H and O–H groups in total. The van der Waals surface area contributed by atoms with Crippen molar-refractivity contribution in [2.75, 3.05) is 31.9 Å². The number of aromatic nitrogens is 1. The number of hydrogen-bond acceptors (Lipinski definition) is 16. The molecule has 0 aliphatic carbocycles. The number of benzene rings is 1. The van der Waals surface area contributed by atoms with Crippen LogP contribution in [0.15, 0.2) is 22.7 Å².